The number of rotatable bonds is 4. The maximum absolute atomic E-state index is 13.3. The van der Waals surface area contributed by atoms with Crippen molar-refractivity contribution in [3.8, 4) is 5.69 Å². The van der Waals surface area contributed by atoms with E-state index in [9.17, 15) is 9.18 Å². The summed E-state index contributed by atoms with van der Waals surface area (Å²) in [6.07, 6.45) is 0.915. The second-order valence-electron chi connectivity index (χ2n) is 4.14. The molecule has 4 nitrogen and oxygen atoms in total. The number of carbonyl (C=O) groups excluding carboxylic acids is 1. The standard InChI is InChI=1S/C13H12BrClFN3O/c1-3-10-12(11(20)4-2)17-18-19(10)13-8(14)5-7(16)6-9(13)15/h5-6H,3-4H2,1-2H3. The van der Waals surface area contributed by atoms with Crippen LogP contribution in [0.5, 0.6) is 0 Å². The predicted octanol–water partition coefficient (Wildman–Crippen LogP) is 3.98. The first-order valence-electron chi connectivity index (χ1n) is 6.12. The summed E-state index contributed by atoms with van der Waals surface area (Å²) in [7, 11) is 0. The van der Waals surface area contributed by atoms with E-state index in [4.69, 9.17) is 11.6 Å². The van der Waals surface area contributed by atoms with Crippen LogP contribution in [0.3, 0.4) is 0 Å². The van der Waals surface area contributed by atoms with E-state index in [0.29, 0.717) is 34.4 Å². The third-order valence-corrected chi connectivity index (χ3v) is 3.77. The molecule has 0 saturated heterocycles. The molecule has 0 unspecified atom stereocenters. The van der Waals surface area contributed by atoms with Gasteiger partial charge in [0.05, 0.1) is 16.4 Å². The third kappa shape index (κ3) is 2.62. The van der Waals surface area contributed by atoms with Crippen LogP contribution >= 0.6 is 27.5 Å². The number of halogens is 3. The first kappa shape index (κ1) is 15.1. The van der Waals surface area contributed by atoms with Crippen LogP contribution in [-0.4, -0.2) is 20.8 Å². The normalized spacial score (nSPS) is 10.8. The summed E-state index contributed by atoms with van der Waals surface area (Å²) in [5.41, 5.74) is 1.47. The van der Waals surface area contributed by atoms with Gasteiger partial charge in [-0.25, -0.2) is 9.07 Å². The van der Waals surface area contributed by atoms with Crippen molar-refractivity contribution < 1.29 is 9.18 Å². The number of hydrogen-bond acceptors (Lipinski definition) is 3. The van der Waals surface area contributed by atoms with Crippen LogP contribution < -0.4 is 0 Å². The highest BCUT2D eigenvalue weighted by Gasteiger charge is 2.21. The molecule has 7 heteroatoms. The number of benzene rings is 1. The molecule has 2 aromatic rings. The second-order valence-corrected chi connectivity index (χ2v) is 5.41. The fourth-order valence-electron chi connectivity index (χ4n) is 1.92. The minimum absolute atomic E-state index is 0.0811. The second kappa shape index (κ2) is 6.01. The van der Waals surface area contributed by atoms with Crippen molar-refractivity contribution in [2.24, 2.45) is 0 Å². The van der Waals surface area contributed by atoms with Gasteiger partial charge in [0, 0.05) is 10.9 Å². The Kier molecular flexibility index (Phi) is 4.55. The number of nitrogens with zero attached hydrogens (tertiary/aromatic N) is 3. The average molecular weight is 361 g/mol. The lowest BCUT2D eigenvalue weighted by Gasteiger charge is -2.10. The molecule has 0 bridgehead atoms. The molecule has 1 aromatic heterocycles. The monoisotopic (exact) mass is 359 g/mol. The molecule has 106 valence electrons. The zero-order chi connectivity index (χ0) is 14.9. The molecule has 20 heavy (non-hydrogen) atoms. The first-order valence-corrected chi connectivity index (χ1v) is 7.29. The van der Waals surface area contributed by atoms with Crippen LogP contribution in [0.1, 0.15) is 36.5 Å². The van der Waals surface area contributed by atoms with Crippen molar-refractivity contribution in [1.82, 2.24) is 15.0 Å². The van der Waals surface area contributed by atoms with Crippen molar-refractivity contribution >= 4 is 33.3 Å². The molecular formula is C13H12BrClFN3O. The predicted molar refractivity (Wildman–Crippen MR) is 78.0 cm³/mol. The zero-order valence-electron chi connectivity index (χ0n) is 11.0. The first-order chi connectivity index (χ1) is 9.49. The Morgan fingerprint density at radius 3 is 2.70 bits per heavy atom. The molecule has 2 rings (SSSR count). The molecule has 1 aromatic carbocycles. The summed E-state index contributed by atoms with van der Waals surface area (Å²) in [5, 5.41) is 8.12. The van der Waals surface area contributed by atoms with Gasteiger partial charge in [-0.2, -0.15) is 0 Å². The molecule has 0 aliphatic carbocycles. The van der Waals surface area contributed by atoms with E-state index >= 15 is 0 Å². The molecule has 0 aliphatic rings. The topological polar surface area (TPSA) is 47.8 Å². The molecule has 0 atom stereocenters. The van der Waals surface area contributed by atoms with Gasteiger partial charge in [-0.1, -0.05) is 30.7 Å². The number of Topliss-reactive ketones (excluding diaryl/α,β-unsaturated/α-hetero) is 1. The molecule has 0 spiro atoms. The summed E-state index contributed by atoms with van der Waals surface area (Å²) in [6.45, 7) is 3.66. The lowest BCUT2D eigenvalue weighted by atomic mass is 10.1. The number of ketones is 1. The smallest absolute Gasteiger partial charge is 0.184 e. The summed E-state index contributed by atoms with van der Waals surface area (Å²) in [5.74, 6) is -0.531. The molecular weight excluding hydrogens is 349 g/mol. The molecule has 0 saturated carbocycles. The summed E-state index contributed by atoms with van der Waals surface area (Å²) in [6, 6.07) is 2.49. The van der Waals surface area contributed by atoms with Crippen LogP contribution in [0.2, 0.25) is 5.02 Å². The minimum atomic E-state index is -0.450. The Morgan fingerprint density at radius 1 is 1.45 bits per heavy atom. The Balaban J connectivity index is 2.65. The van der Waals surface area contributed by atoms with Crippen molar-refractivity contribution in [1.29, 1.82) is 0 Å². The average Bonchev–Trinajstić information content (AvgIpc) is 2.80. The van der Waals surface area contributed by atoms with Crippen LogP contribution in [-0.2, 0) is 6.42 Å². The minimum Gasteiger partial charge on any atom is -0.292 e. The van der Waals surface area contributed by atoms with E-state index < -0.39 is 5.82 Å². The fraction of sp³-hybridized carbons (Fsp3) is 0.308. The number of aromatic nitrogens is 3. The Bertz CT molecular complexity index is 649. The van der Waals surface area contributed by atoms with Crippen molar-refractivity contribution in [3.05, 3.63) is 38.8 Å². The molecule has 0 radical (unpaired) electrons. The van der Waals surface area contributed by atoms with E-state index in [1.165, 1.54) is 16.8 Å². The number of hydrogen-bond donors (Lipinski definition) is 0. The Labute approximate surface area is 129 Å². The van der Waals surface area contributed by atoms with Crippen LogP contribution in [0.25, 0.3) is 5.69 Å². The lowest BCUT2D eigenvalue weighted by molar-refractivity contribution is 0.0982. The van der Waals surface area contributed by atoms with Gasteiger partial charge in [0.2, 0.25) is 0 Å². The van der Waals surface area contributed by atoms with E-state index in [1.54, 1.807) is 6.92 Å². The molecule has 0 N–H and O–H groups in total. The van der Waals surface area contributed by atoms with Gasteiger partial charge in [-0.3, -0.25) is 4.79 Å². The molecule has 0 fully saturated rings. The third-order valence-electron chi connectivity index (χ3n) is 2.88. The fourth-order valence-corrected chi connectivity index (χ4v) is 2.92. The molecule has 1 heterocycles. The van der Waals surface area contributed by atoms with E-state index in [1.807, 2.05) is 6.92 Å². The van der Waals surface area contributed by atoms with Crippen LogP contribution in [0, 0.1) is 5.82 Å². The summed E-state index contributed by atoms with van der Waals surface area (Å²) < 4.78 is 15.2. The van der Waals surface area contributed by atoms with Crippen LogP contribution in [0.15, 0.2) is 16.6 Å². The quantitative estimate of drug-likeness (QED) is 0.775. The van der Waals surface area contributed by atoms with Crippen molar-refractivity contribution in [3.63, 3.8) is 0 Å². The van der Waals surface area contributed by atoms with Gasteiger partial charge >= 0.3 is 0 Å². The highest BCUT2D eigenvalue weighted by atomic mass is 79.9. The highest BCUT2D eigenvalue weighted by molar-refractivity contribution is 9.10. The van der Waals surface area contributed by atoms with Gasteiger partial charge in [0.1, 0.15) is 5.82 Å². The Morgan fingerprint density at radius 2 is 2.15 bits per heavy atom. The molecule has 0 amide bonds. The summed E-state index contributed by atoms with van der Waals surface area (Å²) in [4.78, 5) is 11.8. The SMILES string of the molecule is CCC(=O)c1nnn(-c2c(Cl)cc(F)cc2Br)c1CC. The Hall–Kier alpha value is -1.27. The maximum atomic E-state index is 13.3. The highest BCUT2D eigenvalue weighted by Crippen LogP contribution is 2.31. The van der Waals surface area contributed by atoms with Gasteiger partial charge in [0.15, 0.2) is 11.5 Å². The maximum Gasteiger partial charge on any atom is 0.184 e. The van der Waals surface area contributed by atoms with Gasteiger partial charge in [0.25, 0.3) is 0 Å². The van der Waals surface area contributed by atoms with Gasteiger partial charge < -0.3 is 0 Å². The summed E-state index contributed by atoms with van der Waals surface area (Å²) >= 11 is 9.34. The van der Waals surface area contributed by atoms with Gasteiger partial charge in [-0.15, -0.1) is 5.10 Å². The van der Waals surface area contributed by atoms with Crippen LogP contribution in [0.4, 0.5) is 4.39 Å². The van der Waals surface area contributed by atoms with E-state index in [2.05, 4.69) is 26.2 Å². The van der Waals surface area contributed by atoms with E-state index in [-0.39, 0.29) is 10.8 Å². The van der Waals surface area contributed by atoms with Crippen molar-refractivity contribution in [2.45, 2.75) is 26.7 Å². The largest absolute Gasteiger partial charge is 0.292 e. The number of carbonyl (C=O) groups is 1. The lowest BCUT2D eigenvalue weighted by Crippen LogP contribution is -2.07. The van der Waals surface area contributed by atoms with Crippen molar-refractivity contribution in [2.75, 3.05) is 0 Å². The molecule has 0 aliphatic heterocycles. The van der Waals surface area contributed by atoms with Gasteiger partial charge in [-0.05, 0) is 34.5 Å². The van der Waals surface area contributed by atoms with E-state index in [0.717, 1.165) is 0 Å². The zero-order valence-corrected chi connectivity index (χ0v) is 13.3.